The van der Waals surface area contributed by atoms with E-state index in [0.29, 0.717) is 18.8 Å². The minimum Gasteiger partial charge on any atom is -0.271 e. The van der Waals surface area contributed by atoms with Gasteiger partial charge in [-0.2, -0.15) is 12.7 Å². The fourth-order valence-electron chi connectivity index (χ4n) is 1.85. The number of hydrogen-bond donors (Lipinski definition) is 1. The molecule has 0 saturated carbocycles. The first-order valence-corrected chi connectivity index (χ1v) is 6.86. The maximum absolute atomic E-state index is 11.9. The molecular formula is C11H16N2O2S. The van der Waals surface area contributed by atoms with E-state index in [1.54, 1.807) is 6.07 Å². The van der Waals surface area contributed by atoms with Crippen molar-refractivity contribution in [1.29, 1.82) is 0 Å². The van der Waals surface area contributed by atoms with Crippen LogP contribution in [-0.2, 0) is 10.2 Å². The monoisotopic (exact) mass is 240 g/mol. The summed E-state index contributed by atoms with van der Waals surface area (Å²) in [6.45, 7) is 3.19. The molecule has 0 aliphatic carbocycles. The summed E-state index contributed by atoms with van der Waals surface area (Å²) in [4.78, 5) is 0. The van der Waals surface area contributed by atoms with Crippen molar-refractivity contribution >= 4 is 15.9 Å². The highest BCUT2D eigenvalue weighted by Gasteiger charge is 2.24. The number of anilines is 1. The van der Waals surface area contributed by atoms with Crippen molar-refractivity contribution in [3.8, 4) is 0 Å². The molecule has 4 nitrogen and oxygen atoms in total. The summed E-state index contributed by atoms with van der Waals surface area (Å²) in [5.74, 6) is 0. The zero-order valence-electron chi connectivity index (χ0n) is 9.31. The van der Waals surface area contributed by atoms with Crippen LogP contribution in [0.2, 0.25) is 0 Å². The summed E-state index contributed by atoms with van der Waals surface area (Å²) >= 11 is 0. The first-order chi connectivity index (χ1) is 7.58. The Labute approximate surface area is 96.5 Å². The van der Waals surface area contributed by atoms with Crippen LogP contribution in [0.5, 0.6) is 0 Å². The predicted molar refractivity (Wildman–Crippen MR) is 64.5 cm³/mol. The van der Waals surface area contributed by atoms with Crippen molar-refractivity contribution in [3.05, 3.63) is 29.8 Å². The van der Waals surface area contributed by atoms with Gasteiger partial charge in [-0.3, -0.25) is 4.72 Å². The molecule has 1 N–H and O–H groups in total. The van der Waals surface area contributed by atoms with Gasteiger partial charge in [0.15, 0.2) is 0 Å². The molecule has 2 rings (SSSR count). The van der Waals surface area contributed by atoms with Gasteiger partial charge in [0.25, 0.3) is 0 Å². The van der Waals surface area contributed by atoms with Gasteiger partial charge in [-0.05, 0) is 37.5 Å². The quantitative estimate of drug-likeness (QED) is 0.875. The fraction of sp³-hybridized carbons (Fsp3) is 0.455. The average molecular weight is 240 g/mol. The van der Waals surface area contributed by atoms with Gasteiger partial charge in [-0.15, -0.1) is 0 Å². The summed E-state index contributed by atoms with van der Waals surface area (Å²) in [6.07, 6.45) is 1.91. The normalized spacial score (nSPS) is 17.6. The highest BCUT2D eigenvalue weighted by Crippen LogP contribution is 2.17. The molecule has 88 valence electrons. The van der Waals surface area contributed by atoms with E-state index in [4.69, 9.17) is 0 Å². The molecule has 0 amide bonds. The van der Waals surface area contributed by atoms with Crippen molar-refractivity contribution < 1.29 is 8.42 Å². The number of nitrogens with zero attached hydrogens (tertiary/aromatic N) is 1. The molecule has 0 bridgehead atoms. The first kappa shape index (κ1) is 11.4. The second-order valence-electron chi connectivity index (χ2n) is 4.08. The summed E-state index contributed by atoms with van der Waals surface area (Å²) < 4.78 is 28.0. The summed E-state index contributed by atoms with van der Waals surface area (Å²) in [6, 6.07) is 7.37. The van der Waals surface area contributed by atoms with Crippen LogP contribution in [-0.4, -0.2) is 25.8 Å². The van der Waals surface area contributed by atoms with Crippen molar-refractivity contribution in [3.63, 3.8) is 0 Å². The SMILES string of the molecule is Cc1cccc(NS(=O)(=O)N2CCCC2)c1. The van der Waals surface area contributed by atoms with E-state index in [9.17, 15) is 8.42 Å². The summed E-state index contributed by atoms with van der Waals surface area (Å²) in [7, 11) is -3.35. The second-order valence-corrected chi connectivity index (χ2v) is 5.75. The predicted octanol–water partition coefficient (Wildman–Crippen LogP) is 1.75. The van der Waals surface area contributed by atoms with E-state index in [1.165, 1.54) is 4.31 Å². The Morgan fingerprint density at radius 1 is 1.25 bits per heavy atom. The van der Waals surface area contributed by atoms with Gasteiger partial charge in [0.1, 0.15) is 0 Å². The standard InChI is InChI=1S/C11H16N2O2S/c1-10-5-4-6-11(9-10)12-16(14,15)13-7-2-3-8-13/h4-6,9,12H,2-3,7-8H2,1H3. The molecule has 0 unspecified atom stereocenters. The number of aryl methyl sites for hydroxylation is 1. The minimum absolute atomic E-state index is 0.626. The van der Waals surface area contributed by atoms with E-state index in [2.05, 4.69) is 4.72 Å². The third-order valence-electron chi connectivity index (χ3n) is 2.67. The van der Waals surface area contributed by atoms with Gasteiger partial charge >= 0.3 is 10.2 Å². The molecule has 1 saturated heterocycles. The number of hydrogen-bond acceptors (Lipinski definition) is 2. The molecular weight excluding hydrogens is 224 g/mol. The van der Waals surface area contributed by atoms with Gasteiger partial charge < -0.3 is 0 Å². The van der Waals surface area contributed by atoms with Crippen LogP contribution >= 0.6 is 0 Å². The zero-order chi connectivity index (χ0) is 11.6. The van der Waals surface area contributed by atoms with Gasteiger partial charge in [-0.1, -0.05) is 12.1 Å². The third-order valence-corrected chi connectivity index (χ3v) is 4.21. The van der Waals surface area contributed by atoms with Crippen LogP contribution in [0.15, 0.2) is 24.3 Å². The number of rotatable bonds is 3. The molecule has 0 aromatic heterocycles. The molecule has 1 aliphatic heterocycles. The van der Waals surface area contributed by atoms with E-state index in [0.717, 1.165) is 18.4 Å². The molecule has 0 atom stereocenters. The molecule has 5 heteroatoms. The van der Waals surface area contributed by atoms with Gasteiger partial charge in [0.05, 0.1) is 5.69 Å². The topological polar surface area (TPSA) is 49.4 Å². The van der Waals surface area contributed by atoms with E-state index >= 15 is 0 Å². The lowest BCUT2D eigenvalue weighted by Gasteiger charge is -2.16. The van der Waals surface area contributed by atoms with Gasteiger partial charge in [0.2, 0.25) is 0 Å². The molecule has 1 aromatic carbocycles. The lowest BCUT2D eigenvalue weighted by molar-refractivity contribution is 0.482. The highest BCUT2D eigenvalue weighted by molar-refractivity contribution is 7.90. The van der Waals surface area contributed by atoms with Crippen LogP contribution in [0.1, 0.15) is 18.4 Å². The Hall–Kier alpha value is -1.07. The summed E-state index contributed by atoms with van der Waals surface area (Å²) in [5.41, 5.74) is 1.67. The number of benzene rings is 1. The fourth-order valence-corrected chi connectivity index (χ4v) is 3.14. The smallest absolute Gasteiger partial charge is 0.271 e. The van der Waals surface area contributed by atoms with Crippen molar-refractivity contribution in [2.45, 2.75) is 19.8 Å². The molecule has 0 spiro atoms. The van der Waals surface area contributed by atoms with Crippen LogP contribution < -0.4 is 4.72 Å². The average Bonchev–Trinajstić information content (AvgIpc) is 2.69. The largest absolute Gasteiger partial charge is 0.301 e. The molecule has 1 aromatic rings. The minimum atomic E-state index is -3.35. The summed E-state index contributed by atoms with van der Waals surface area (Å²) in [5, 5.41) is 0. The Morgan fingerprint density at radius 2 is 1.94 bits per heavy atom. The van der Waals surface area contributed by atoms with Crippen molar-refractivity contribution in [1.82, 2.24) is 4.31 Å². The molecule has 1 aliphatic rings. The van der Waals surface area contributed by atoms with Crippen LogP contribution in [0.25, 0.3) is 0 Å². The maximum atomic E-state index is 11.9. The molecule has 16 heavy (non-hydrogen) atoms. The van der Waals surface area contributed by atoms with Crippen molar-refractivity contribution in [2.24, 2.45) is 0 Å². The van der Waals surface area contributed by atoms with Crippen molar-refractivity contribution in [2.75, 3.05) is 17.8 Å². The number of nitrogens with one attached hydrogen (secondary N) is 1. The maximum Gasteiger partial charge on any atom is 0.301 e. The van der Waals surface area contributed by atoms with Gasteiger partial charge in [-0.25, -0.2) is 0 Å². The van der Waals surface area contributed by atoms with E-state index < -0.39 is 10.2 Å². The Morgan fingerprint density at radius 3 is 2.56 bits per heavy atom. The molecule has 1 heterocycles. The van der Waals surface area contributed by atoms with Crippen LogP contribution in [0.3, 0.4) is 0 Å². The van der Waals surface area contributed by atoms with E-state index in [1.807, 2.05) is 25.1 Å². The Bertz CT molecular complexity index is 465. The Kier molecular flexibility index (Phi) is 3.16. The second kappa shape index (κ2) is 4.43. The molecule has 0 radical (unpaired) electrons. The van der Waals surface area contributed by atoms with E-state index in [-0.39, 0.29) is 0 Å². The molecule has 1 fully saturated rings. The van der Waals surface area contributed by atoms with Gasteiger partial charge in [0, 0.05) is 13.1 Å². The lowest BCUT2D eigenvalue weighted by Crippen LogP contribution is -2.33. The lowest BCUT2D eigenvalue weighted by atomic mass is 10.2. The first-order valence-electron chi connectivity index (χ1n) is 5.42. The third kappa shape index (κ3) is 2.54. The van der Waals surface area contributed by atoms with Crippen LogP contribution in [0.4, 0.5) is 5.69 Å². The zero-order valence-corrected chi connectivity index (χ0v) is 10.1. The van der Waals surface area contributed by atoms with Crippen LogP contribution in [0, 0.1) is 6.92 Å². The Balaban J connectivity index is 2.14. The highest BCUT2D eigenvalue weighted by atomic mass is 32.2.